The zero-order chi connectivity index (χ0) is 16.7. The van der Waals surface area contributed by atoms with Gasteiger partial charge in [0.15, 0.2) is 0 Å². The second-order valence-corrected chi connectivity index (χ2v) is 5.50. The summed E-state index contributed by atoms with van der Waals surface area (Å²) in [5.74, 6) is 1.51. The summed E-state index contributed by atoms with van der Waals surface area (Å²) in [5, 5.41) is 2.86. The fourth-order valence-electron chi connectivity index (χ4n) is 2.27. The number of rotatable bonds is 7. The van der Waals surface area contributed by atoms with Gasteiger partial charge in [-0.1, -0.05) is 35.4 Å². The van der Waals surface area contributed by atoms with E-state index in [2.05, 4.69) is 5.32 Å². The van der Waals surface area contributed by atoms with E-state index in [1.165, 1.54) is 5.56 Å². The zero-order valence-corrected chi connectivity index (χ0v) is 13.9. The molecule has 0 fully saturated rings. The van der Waals surface area contributed by atoms with E-state index in [9.17, 15) is 4.79 Å². The Morgan fingerprint density at radius 1 is 1.04 bits per heavy atom. The molecule has 4 heteroatoms. The van der Waals surface area contributed by atoms with Gasteiger partial charge in [-0.2, -0.15) is 0 Å². The van der Waals surface area contributed by atoms with Crippen LogP contribution >= 0.6 is 0 Å². The van der Waals surface area contributed by atoms with Crippen LogP contribution in [-0.2, 0) is 11.2 Å². The first-order chi connectivity index (χ1) is 11.1. The lowest BCUT2D eigenvalue weighted by atomic mass is 10.1. The monoisotopic (exact) mass is 313 g/mol. The Hall–Kier alpha value is -2.49. The van der Waals surface area contributed by atoms with Crippen molar-refractivity contribution in [3.8, 4) is 11.5 Å². The van der Waals surface area contributed by atoms with Crippen LogP contribution in [-0.4, -0.2) is 26.2 Å². The molecular weight excluding hydrogens is 290 g/mol. The van der Waals surface area contributed by atoms with Crippen molar-refractivity contribution < 1.29 is 14.3 Å². The molecule has 4 nitrogen and oxygen atoms in total. The highest BCUT2D eigenvalue weighted by Gasteiger charge is 2.08. The maximum absolute atomic E-state index is 12.0. The van der Waals surface area contributed by atoms with E-state index in [0.29, 0.717) is 19.6 Å². The lowest BCUT2D eigenvalue weighted by Crippen LogP contribution is -2.29. The van der Waals surface area contributed by atoms with E-state index in [4.69, 9.17) is 9.47 Å². The number of benzene rings is 2. The largest absolute Gasteiger partial charge is 0.496 e. The summed E-state index contributed by atoms with van der Waals surface area (Å²) < 4.78 is 10.9. The molecule has 2 rings (SSSR count). The molecule has 2 aromatic rings. The predicted octanol–water partition coefficient (Wildman–Crippen LogP) is 3.05. The second kappa shape index (κ2) is 8.22. The van der Waals surface area contributed by atoms with E-state index >= 15 is 0 Å². The van der Waals surface area contributed by atoms with Crippen LogP contribution < -0.4 is 14.8 Å². The molecule has 0 radical (unpaired) electrons. The molecule has 0 heterocycles. The molecular formula is C19H23NO3. The Balaban J connectivity index is 1.77. The number of aryl methyl sites for hydroxylation is 2. The molecule has 0 aliphatic carbocycles. The Labute approximate surface area is 137 Å². The first-order valence-electron chi connectivity index (χ1n) is 7.68. The maximum Gasteiger partial charge on any atom is 0.224 e. The molecule has 122 valence electrons. The molecule has 0 aromatic heterocycles. The van der Waals surface area contributed by atoms with Crippen molar-refractivity contribution in [2.24, 2.45) is 0 Å². The van der Waals surface area contributed by atoms with Crippen molar-refractivity contribution in [1.29, 1.82) is 0 Å². The SMILES string of the molecule is COc1ccc(C)cc1CC(=O)NCCOc1ccc(C)cc1. The van der Waals surface area contributed by atoms with Crippen molar-refractivity contribution in [3.63, 3.8) is 0 Å². The smallest absolute Gasteiger partial charge is 0.224 e. The first kappa shape index (κ1) is 16.9. The van der Waals surface area contributed by atoms with Gasteiger partial charge in [0.1, 0.15) is 18.1 Å². The van der Waals surface area contributed by atoms with Gasteiger partial charge < -0.3 is 14.8 Å². The highest BCUT2D eigenvalue weighted by atomic mass is 16.5. The molecule has 0 unspecified atom stereocenters. The fraction of sp³-hybridized carbons (Fsp3) is 0.316. The molecule has 0 saturated carbocycles. The molecule has 0 aliphatic heterocycles. The maximum atomic E-state index is 12.0. The lowest BCUT2D eigenvalue weighted by Gasteiger charge is -2.11. The Morgan fingerprint density at radius 2 is 1.74 bits per heavy atom. The average Bonchev–Trinajstić information content (AvgIpc) is 2.53. The van der Waals surface area contributed by atoms with E-state index in [-0.39, 0.29) is 5.91 Å². The van der Waals surface area contributed by atoms with Crippen molar-refractivity contribution in [3.05, 3.63) is 59.2 Å². The van der Waals surface area contributed by atoms with E-state index in [0.717, 1.165) is 22.6 Å². The minimum atomic E-state index is -0.0404. The lowest BCUT2D eigenvalue weighted by molar-refractivity contribution is -0.120. The van der Waals surface area contributed by atoms with Crippen LogP contribution in [0.25, 0.3) is 0 Å². The number of nitrogens with one attached hydrogen (secondary N) is 1. The normalized spacial score (nSPS) is 10.2. The molecule has 23 heavy (non-hydrogen) atoms. The number of hydrogen-bond donors (Lipinski definition) is 1. The van der Waals surface area contributed by atoms with Crippen LogP contribution in [0, 0.1) is 13.8 Å². The minimum absolute atomic E-state index is 0.0404. The summed E-state index contributed by atoms with van der Waals surface area (Å²) in [6.07, 6.45) is 0.301. The van der Waals surface area contributed by atoms with Gasteiger partial charge in [-0.05, 0) is 32.0 Å². The molecule has 1 amide bonds. The highest BCUT2D eigenvalue weighted by Crippen LogP contribution is 2.20. The summed E-state index contributed by atoms with van der Waals surface area (Å²) in [6, 6.07) is 13.7. The van der Waals surface area contributed by atoms with E-state index in [1.54, 1.807) is 7.11 Å². The van der Waals surface area contributed by atoms with E-state index in [1.807, 2.05) is 56.3 Å². The third kappa shape index (κ3) is 5.33. The van der Waals surface area contributed by atoms with Crippen LogP contribution in [0.4, 0.5) is 0 Å². The third-order valence-electron chi connectivity index (χ3n) is 3.50. The molecule has 2 aromatic carbocycles. The summed E-state index contributed by atoms with van der Waals surface area (Å²) in [6.45, 7) is 4.94. The van der Waals surface area contributed by atoms with Gasteiger partial charge in [0.2, 0.25) is 5.91 Å². The zero-order valence-electron chi connectivity index (χ0n) is 13.9. The number of carbonyl (C=O) groups is 1. The van der Waals surface area contributed by atoms with Crippen LogP contribution in [0.1, 0.15) is 16.7 Å². The van der Waals surface area contributed by atoms with Gasteiger partial charge >= 0.3 is 0 Å². The number of carbonyl (C=O) groups excluding carboxylic acids is 1. The number of ether oxygens (including phenoxy) is 2. The van der Waals surface area contributed by atoms with Crippen molar-refractivity contribution in [2.45, 2.75) is 20.3 Å². The molecule has 1 N–H and O–H groups in total. The number of methoxy groups -OCH3 is 1. The molecule has 0 spiro atoms. The standard InChI is InChI=1S/C19H23NO3/c1-14-4-7-17(8-5-14)23-11-10-20-19(21)13-16-12-15(2)6-9-18(16)22-3/h4-9,12H,10-11,13H2,1-3H3,(H,20,21). The van der Waals surface area contributed by atoms with Crippen LogP contribution in [0.15, 0.2) is 42.5 Å². The Bertz CT molecular complexity index is 650. The van der Waals surface area contributed by atoms with Crippen LogP contribution in [0.2, 0.25) is 0 Å². The van der Waals surface area contributed by atoms with Gasteiger partial charge in [-0.15, -0.1) is 0 Å². The number of hydrogen-bond acceptors (Lipinski definition) is 3. The summed E-state index contributed by atoms with van der Waals surface area (Å²) >= 11 is 0. The van der Waals surface area contributed by atoms with E-state index < -0.39 is 0 Å². The minimum Gasteiger partial charge on any atom is -0.496 e. The van der Waals surface area contributed by atoms with Crippen molar-refractivity contribution in [2.75, 3.05) is 20.3 Å². The highest BCUT2D eigenvalue weighted by molar-refractivity contribution is 5.79. The summed E-state index contributed by atoms with van der Waals surface area (Å²) in [7, 11) is 1.61. The topological polar surface area (TPSA) is 47.6 Å². The average molecular weight is 313 g/mol. The fourth-order valence-corrected chi connectivity index (χ4v) is 2.27. The summed E-state index contributed by atoms with van der Waals surface area (Å²) in [4.78, 5) is 12.0. The molecule has 0 atom stereocenters. The molecule has 0 bridgehead atoms. The van der Waals surface area contributed by atoms with Crippen LogP contribution in [0.5, 0.6) is 11.5 Å². The van der Waals surface area contributed by atoms with Crippen molar-refractivity contribution in [1.82, 2.24) is 5.32 Å². The quantitative estimate of drug-likeness (QED) is 0.799. The second-order valence-electron chi connectivity index (χ2n) is 5.50. The van der Waals surface area contributed by atoms with Crippen molar-refractivity contribution >= 4 is 5.91 Å². The molecule has 0 saturated heterocycles. The van der Waals surface area contributed by atoms with Gasteiger partial charge in [0, 0.05) is 5.56 Å². The van der Waals surface area contributed by atoms with Crippen LogP contribution in [0.3, 0.4) is 0 Å². The van der Waals surface area contributed by atoms with Gasteiger partial charge in [-0.25, -0.2) is 0 Å². The summed E-state index contributed by atoms with van der Waals surface area (Å²) in [5.41, 5.74) is 3.19. The molecule has 0 aliphatic rings. The Morgan fingerprint density at radius 3 is 2.43 bits per heavy atom. The predicted molar refractivity (Wildman–Crippen MR) is 91.1 cm³/mol. The van der Waals surface area contributed by atoms with Gasteiger partial charge in [-0.3, -0.25) is 4.79 Å². The Kier molecular flexibility index (Phi) is 6.03. The van der Waals surface area contributed by atoms with Gasteiger partial charge in [0.25, 0.3) is 0 Å². The third-order valence-corrected chi connectivity index (χ3v) is 3.50. The first-order valence-corrected chi connectivity index (χ1v) is 7.68. The number of amides is 1. The van der Waals surface area contributed by atoms with Gasteiger partial charge in [0.05, 0.1) is 20.1 Å².